The second-order valence-electron chi connectivity index (χ2n) is 8.14. The Morgan fingerprint density at radius 1 is 1.14 bits per heavy atom. The third-order valence-corrected chi connectivity index (χ3v) is 5.79. The molecule has 0 aliphatic heterocycles. The fourth-order valence-corrected chi connectivity index (χ4v) is 4.14. The summed E-state index contributed by atoms with van der Waals surface area (Å²) in [7, 11) is 3.54. The largest absolute Gasteiger partial charge is 0.357 e. The van der Waals surface area contributed by atoms with Crippen LogP contribution in [0.5, 0.6) is 0 Å². The molecule has 5 nitrogen and oxygen atoms in total. The summed E-state index contributed by atoms with van der Waals surface area (Å²) in [5.74, 6) is 2.70. The van der Waals surface area contributed by atoms with Crippen molar-refractivity contribution in [3.05, 3.63) is 35.4 Å². The van der Waals surface area contributed by atoms with E-state index in [1.54, 1.807) is 19.0 Å². The number of nitrogens with one attached hydrogen (secondary N) is 2. The molecule has 1 amide bonds. The number of carbonyl (C=O) groups is 1. The molecule has 2 N–H and O–H groups in total. The maximum Gasteiger partial charge on any atom is 0.253 e. The van der Waals surface area contributed by atoms with Gasteiger partial charge in [-0.25, -0.2) is 4.99 Å². The molecular formula is C22H35IN4O. The molecule has 1 aromatic carbocycles. The van der Waals surface area contributed by atoms with Crippen molar-refractivity contribution in [1.29, 1.82) is 0 Å². The molecule has 0 heterocycles. The highest BCUT2D eigenvalue weighted by Crippen LogP contribution is 2.44. The maximum atomic E-state index is 12.0. The molecule has 0 saturated heterocycles. The zero-order valence-corrected chi connectivity index (χ0v) is 19.7. The van der Waals surface area contributed by atoms with Crippen LogP contribution in [0.3, 0.4) is 0 Å². The number of carbonyl (C=O) groups excluding carboxylic acids is 1. The van der Waals surface area contributed by atoms with Crippen LogP contribution in [0.4, 0.5) is 0 Å². The molecule has 6 heteroatoms. The molecule has 0 radical (unpaired) electrons. The number of amides is 1. The van der Waals surface area contributed by atoms with E-state index in [0.29, 0.717) is 18.2 Å². The molecule has 156 valence electrons. The average molecular weight is 498 g/mol. The number of halogens is 1. The Kier molecular flexibility index (Phi) is 9.05. The van der Waals surface area contributed by atoms with Crippen molar-refractivity contribution in [2.45, 2.75) is 58.0 Å². The van der Waals surface area contributed by atoms with Crippen LogP contribution in [-0.2, 0) is 6.54 Å². The van der Waals surface area contributed by atoms with Gasteiger partial charge in [0.2, 0.25) is 0 Å². The van der Waals surface area contributed by atoms with Gasteiger partial charge in [-0.2, -0.15) is 0 Å². The number of benzene rings is 1. The van der Waals surface area contributed by atoms with Gasteiger partial charge < -0.3 is 15.5 Å². The number of guanidine groups is 1. The standard InChI is InChI=1S/C22H34N4O.HI/c1-4-23-22(25-20-14-19(20)17-8-6-5-7-9-17)24-15-16-10-12-18(13-11-16)21(27)26(2)3;/h10-13,17,19-20H,4-9,14-15H2,1-3H3,(H2,23,24,25);1H. The first-order valence-electron chi connectivity index (χ1n) is 10.4. The van der Waals surface area contributed by atoms with Gasteiger partial charge in [-0.3, -0.25) is 4.79 Å². The first-order chi connectivity index (χ1) is 13.1. The zero-order valence-electron chi connectivity index (χ0n) is 17.4. The number of aliphatic imine (C=N–C) groups is 1. The van der Waals surface area contributed by atoms with Crippen molar-refractivity contribution < 1.29 is 4.79 Å². The highest BCUT2D eigenvalue weighted by atomic mass is 127. The lowest BCUT2D eigenvalue weighted by Crippen LogP contribution is -2.39. The fourth-order valence-electron chi connectivity index (χ4n) is 4.14. The molecule has 28 heavy (non-hydrogen) atoms. The van der Waals surface area contributed by atoms with Crippen LogP contribution in [0.1, 0.15) is 61.4 Å². The van der Waals surface area contributed by atoms with Gasteiger partial charge in [-0.05, 0) is 42.9 Å². The Hall–Kier alpha value is -1.31. The summed E-state index contributed by atoms with van der Waals surface area (Å²) >= 11 is 0. The molecule has 2 aliphatic carbocycles. The SMILES string of the molecule is CCNC(=NCc1ccc(C(=O)N(C)C)cc1)NC1CC1C1CCCCC1.I. The van der Waals surface area contributed by atoms with Crippen LogP contribution in [0.2, 0.25) is 0 Å². The molecule has 0 aromatic heterocycles. The highest BCUT2D eigenvalue weighted by Gasteiger charge is 2.43. The van der Waals surface area contributed by atoms with Crippen LogP contribution in [0.15, 0.2) is 29.3 Å². The molecule has 2 atom stereocenters. The zero-order chi connectivity index (χ0) is 19.2. The lowest BCUT2D eigenvalue weighted by Gasteiger charge is -2.22. The first-order valence-corrected chi connectivity index (χ1v) is 10.4. The van der Waals surface area contributed by atoms with E-state index in [4.69, 9.17) is 4.99 Å². The quantitative estimate of drug-likeness (QED) is 0.354. The fraction of sp³-hybridized carbons (Fsp3) is 0.636. The monoisotopic (exact) mass is 498 g/mol. The second-order valence-corrected chi connectivity index (χ2v) is 8.14. The summed E-state index contributed by atoms with van der Waals surface area (Å²) in [4.78, 5) is 18.3. The van der Waals surface area contributed by atoms with E-state index in [9.17, 15) is 4.79 Å². The Balaban J connectivity index is 0.00000280. The van der Waals surface area contributed by atoms with Crippen molar-refractivity contribution in [2.75, 3.05) is 20.6 Å². The van der Waals surface area contributed by atoms with E-state index in [1.165, 1.54) is 38.5 Å². The molecule has 2 unspecified atom stereocenters. The molecule has 3 rings (SSSR count). The lowest BCUT2D eigenvalue weighted by molar-refractivity contribution is 0.0827. The topological polar surface area (TPSA) is 56.7 Å². The van der Waals surface area contributed by atoms with Crippen molar-refractivity contribution in [1.82, 2.24) is 15.5 Å². The molecule has 0 bridgehead atoms. The lowest BCUT2D eigenvalue weighted by atomic mass is 9.85. The van der Waals surface area contributed by atoms with Gasteiger partial charge >= 0.3 is 0 Å². The minimum absolute atomic E-state index is 0. The minimum Gasteiger partial charge on any atom is -0.357 e. The smallest absolute Gasteiger partial charge is 0.253 e. The second kappa shape index (κ2) is 11.0. The number of hydrogen-bond donors (Lipinski definition) is 2. The van der Waals surface area contributed by atoms with Crippen LogP contribution < -0.4 is 10.6 Å². The Morgan fingerprint density at radius 2 is 1.82 bits per heavy atom. The van der Waals surface area contributed by atoms with Crippen LogP contribution in [-0.4, -0.2) is 43.4 Å². The number of rotatable bonds is 6. The molecule has 1 aromatic rings. The van der Waals surface area contributed by atoms with Gasteiger partial charge in [-0.1, -0.05) is 44.2 Å². The van der Waals surface area contributed by atoms with Crippen molar-refractivity contribution in [3.8, 4) is 0 Å². The minimum atomic E-state index is 0. The normalized spacial score (nSPS) is 22.2. The predicted molar refractivity (Wildman–Crippen MR) is 126 cm³/mol. The Labute approximate surface area is 186 Å². The van der Waals surface area contributed by atoms with Gasteiger partial charge in [0.25, 0.3) is 5.91 Å². The maximum absolute atomic E-state index is 12.0. The summed E-state index contributed by atoms with van der Waals surface area (Å²) in [5, 5.41) is 7.00. The third kappa shape index (κ3) is 6.36. The van der Waals surface area contributed by atoms with Gasteiger partial charge in [0.1, 0.15) is 0 Å². The summed E-state index contributed by atoms with van der Waals surface area (Å²) in [6.45, 7) is 3.58. The van der Waals surface area contributed by atoms with Gasteiger partial charge in [-0.15, -0.1) is 24.0 Å². The molecule has 2 saturated carbocycles. The van der Waals surface area contributed by atoms with E-state index < -0.39 is 0 Å². The van der Waals surface area contributed by atoms with Gasteiger partial charge in [0.15, 0.2) is 5.96 Å². The van der Waals surface area contributed by atoms with Crippen molar-refractivity contribution in [3.63, 3.8) is 0 Å². The summed E-state index contributed by atoms with van der Waals surface area (Å²) in [6.07, 6.45) is 8.35. The first kappa shape index (κ1) is 23.0. The van der Waals surface area contributed by atoms with Crippen LogP contribution in [0, 0.1) is 11.8 Å². The Morgan fingerprint density at radius 3 is 2.43 bits per heavy atom. The third-order valence-electron chi connectivity index (χ3n) is 5.79. The van der Waals surface area contributed by atoms with E-state index in [-0.39, 0.29) is 29.9 Å². The van der Waals surface area contributed by atoms with Crippen LogP contribution in [0.25, 0.3) is 0 Å². The summed E-state index contributed by atoms with van der Waals surface area (Å²) in [5.41, 5.74) is 1.83. The van der Waals surface area contributed by atoms with Gasteiger partial charge in [0.05, 0.1) is 6.54 Å². The average Bonchev–Trinajstić information content (AvgIpc) is 3.46. The molecule has 2 fully saturated rings. The number of nitrogens with zero attached hydrogens (tertiary/aromatic N) is 2. The van der Waals surface area contributed by atoms with Crippen molar-refractivity contribution in [2.24, 2.45) is 16.8 Å². The van der Waals surface area contributed by atoms with E-state index in [0.717, 1.165) is 29.9 Å². The highest BCUT2D eigenvalue weighted by molar-refractivity contribution is 14.0. The van der Waals surface area contributed by atoms with Crippen LogP contribution >= 0.6 is 24.0 Å². The molecular weight excluding hydrogens is 463 g/mol. The molecule has 2 aliphatic rings. The van der Waals surface area contributed by atoms with Gasteiger partial charge in [0, 0.05) is 32.2 Å². The predicted octanol–water partition coefficient (Wildman–Crippen LogP) is 4.03. The number of hydrogen-bond acceptors (Lipinski definition) is 2. The summed E-state index contributed by atoms with van der Waals surface area (Å²) < 4.78 is 0. The molecule has 0 spiro atoms. The summed E-state index contributed by atoms with van der Waals surface area (Å²) in [6, 6.07) is 8.34. The Bertz CT molecular complexity index is 653. The van der Waals surface area contributed by atoms with Crippen molar-refractivity contribution >= 4 is 35.8 Å². The van der Waals surface area contributed by atoms with E-state index >= 15 is 0 Å². The van der Waals surface area contributed by atoms with E-state index in [1.807, 2.05) is 24.3 Å². The van der Waals surface area contributed by atoms with E-state index in [2.05, 4.69) is 17.6 Å².